The molecule has 2 heterocycles. The van der Waals surface area contributed by atoms with Gasteiger partial charge in [-0.2, -0.15) is 0 Å². The molecule has 1 aromatic carbocycles. The van der Waals surface area contributed by atoms with Crippen LogP contribution in [0, 0.1) is 5.41 Å². The molecule has 6 heteroatoms. The van der Waals surface area contributed by atoms with Crippen molar-refractivity contribution in [3.8, 4) is 0 Å². The number of rotatable bonds is 6. The number of carbonyl (C=O) groups is 3. The van der Waals surface area contributed by atoms with Crippen LogP contribution in [0.4, 0.5) is 0 Å². The second kappa shape index (κ2) is 8.21. The third kappa shape index (κ3) is 4.56. The first-order chi connectivity index (χ1) is 12.9. The highest BCUT2D eigenvalue weighted by Gasteiger charge is 2.48. The van der Waals surface area contributed by atoms with Crippen LogP contribution < -0.4 is 0 Å². The highest BCUT2D eigenvalue weighted by Crippen LogP contribution is 2.43. The molecular weight excluding hydrogens is 344 g/mol. The number of hydrogen-bond donors (Lipinski definition) is 1. The number of ketones is 1. The second-order valence-corrected chi connectivity index (χ2v) is 7.93. The Morgan fingerprint density at radius 1 is 1.15 bits per heavy atom. The Balaban J connectivity index is 1.55. The largest absolute Gasteiger partial charge is 0.480 e. The van der Waals surface area contributed by atoms with E-state index in [9.17, 15) is 19.5 Å². The molecule has 6 nitrogen and oxygen atoms in total. The summed E-state index contributed by atoms with van der Waals surface area (Å²) >= 11 is 0. The Morgan fingerprint density at radius 3 is 2.41 bits per heavy atom. The molecule has 0 aromatic heterocycles. The van der Waals surface area contributed by atoms with Gasteiger partial charge < -0.3 is 10.0 Å². The van der Waals surface area contributed by atoms with Crippen LogP contribution >= 0.6 is 0 Å². The average molecular weight is 372 g/mol. The SMILES string of the molecule is CC(=O)N1CCC2(CC1)C[C@@H](C(=O)O)N(CCCC(=O)c1ccccc1)C2. The van der Waals surface area contributed by atoms with Crippen LogP contribution in [0.15, 0.2) is 30.3 Å². The number of benzene rings is 1. The number of likely N-dealkylation sites (tertiary alicyclic amines) is 2. The molecule has 0 radical (unpaired) electrons. The van der Waals surface area contributed by atoms with Gasteiger partial charge >= 0.3 is 5.97 Å². The number of aliphatic carboxylic acids is 1. The monoisotopic (exact) mass is 372 g/mol. The number of nitrogens with zero attached hydrogens (tertiary/aromatic N) is 2. The van der Waals surface area contributed by atoms with Gasteiger partial charge in [-0.05, 0) is 37.6 Å². The van der Waals surface area contributed by atoms with Crippen molar-refractivity contribution in [3.63, 3.8) is 0 Å². The fraction of sp³-hybridized carbons (Fsp3) is 0.571. The lowest BCUT2D eigenvalue weighted by molar-refractivity contribution is -0.142. The zero-order chi connectivity index (χ0) is 19.4. The van der Waals surface area contributed by atoms with E-state index in [1.165, 1.54) is 0 Å². The van der Waals surface area contributed by atoms with Gasteiger partial charge in [0.2, 0.25) is 5.91 Å². The third-order valence-electron chi connectivity index (χ3n) is 6.11. The van der Waals surface area contributed by atoms with Crippen molar-refractivity contribution in [2.45, 2.75) is 45.1 Å². The van der Waals surface area contributed by atoms with E-state index in [1.807, 2.05) is 40.1 Å². The minimum absolute atomic E-state index is 0.0154. The van der Waals surface area contributed by atoms with E-state index in [1.54, 1.807) is 6.92 Å². The summed E-state index contributed by atoms with van der Waals surface area (Å²) < 4.78 is 0. The Kier molecular flexibility index (Phi) is 5.95. The van der Waals surface area contributed by atoms with Crippen molar-refractivity contribution in [2.75, 3.05) is 26.2 Å². The molecule has 1 spiro atoms. The van der Waals surface area contributed by atoms with Gasteiger partial charge in [-0.25, -0.2) is 0 Å². The Bertz CT molecular complexity index is 695. The normalized spacial score (nSPS) is 22.1. The fourth-order valence-corrected chi connectivity index (χ4v) is 4.49. The van der Waals surface area contributed by atoms with Crippen molar-refractivity contribution in [1.82, 2.24) is 9.80 Å². The van der Waals surface area contributed by atoms with Gasteiger partial charge in [0.25, 0.3) is 0 Å². The smallest absolute Gasteiger partial charge is 0.320 e. The summed E-state index contributed by atoms with van der Waals surface area (Å²) in [4.78, 5) is 39.4. The van der Waals surface area contributed by atoms with Crippen molar-refractivity contribution in [1.29, 1.82) is 0 Å². The van der Waals surface area contributed by atoms with E-state index < -0.39 is 12.0 Å². The molecule has 1 atom stereocenters. The van der Waals surface area contributed by atoms with E-state index in [0.29, 0.717) is 44.5 Å². The number of carbonyl (C=O) groups excluding carboxylic acids is 2. The van der Waals surface area contributed by atoms with Crippen molar-refractivity contribution in [2.24, 2.45) is 5.41 Å². The molecule has 3 rings (SSSR count). The number of hydrogen-bond acceptors (Lipinski definition) is 4. The minimum atomic E-state index is -0.782. The number of piperidine rings is 1. The molecule has 0 unspecified atom stereocenters. The molecule has 1 amide bonds. The molecule has 2 fully saturated rings. The molecule has 1 aromatic rings. The summed E-state index contributed by atoms with van der Waals surface area (Å²) in [7, 11) is 0. The second-order valence-electron chi connectivity index (χ2n) is 7.93. The standard InChI is InChI=1S/C21H28N2O4/c1-16(24)22-12-9-21(10-13-22)14-18(20(26)27)23(15-21)11-5-8-19(25)17-6-3-2-4-7-17/h2-4,6-7,18H,5,8-15H2,1H3,(H,26,27)/t18-/m0/s1. The summed E-state index contributed by atoms with van der Waals surface area (Å²) in [5.41, 5.74) is 0.695. The summed E-state index contributed by atoms with van der Waals surface area (Å²) in [6.45, 7) is 4.37. The van der Waals surface area contributed by atoms with Gasteiger partial charge in [0.1, 0.15) is 6.04 Å². The van der Waals surface area contributed by atoms with Gasteiger partial charge in [-0.15, -0.1) is 0 Å². The summed E-state index contributed by atoms with van der Waals surface area (Å²) in [5.74, 6) is -0.588. The lowest BCUT2D eigenvalue weighted by Crippen LogP contribution is -2.43. The molecule has 0 bridgehead atoms. The maximum absolute atomic E-state index is 12.3. The van der Waals surface area contributed by atoms with Crippen LogP contribution in [0.25, 0.3) is 0 Å². The van der Waals surface area contributed by atoms with E-state index in [-0.39, 0.29) is 17.1 Å². The molecule has 2 saturated heterocycles. The molecule has 146 valence electrons. The quantitative estimate of drug-likeness (QED) is 0.776. The number of Topliss-reactive ketones (excluding diaryl/α,β-unsaturated/α-hetero) is 1. The third-order valence-corrected chi connectivity index (χ3v) is 6.11. The molecule has 2 aliphatic heterocycles. The zero-order valence-electron chi connectivity index (χ0n) is 15.9. The van der Waals surface area contributed by atoms with E-state index in [2.05, 4.69) is 0 Å². The van der Waals surface area contributed by atoms with Gasteiger partial charge in [0, 0.05) is 38.5 Å². The number of carboxylic acids is 1. The van der Waals surface area contributed by atoms with Crippen LogP contribution in [0.5, 0.6) is 0 Å². The average Bonchev–Trinajstić information content (AvgIpc) is 3.01. The van der Waals surface area contributed by atoms with Crippen LogP contribution in [0.1, 0.15) is 49.4 Å². The lowest BCUT2D eigenvalue weighted by Gasteiger charge is -2.39. The van der Waals surface area contributed by atoms with Gasteiger partial charge in [0.05, 0.1) is 0 Å². The van der Waals surface area contributed by atoms with E-state index in [4.69, 9.17) is 0 Å². The summed E-state index contributed by atoms with van der Waals surface area (Å²) in [6, 6.07) is 8.73. The predicted octanol–water partition coefficient (Wildman–Crippen LogP) is 2.44. The number of carboxylic acid groups (broad SMARTS) is 1. The van der Waals surface area contributed by atoms with Crippen molar-refractivity contribution in [3.05, 3.63) is 35.9 Å². The first kappa shape index (κ1) is 19.5. The Labute approximate surface area is 160 Å². The molecule has 2 aliphatic rings. The summed E-state index contributed by atoms with van der Waals surface area (Å²) in [6.07, 6.45) is 3.44. The predicted molar refractivity (Wildman–Crippen MR) is 102 cm³/mol. The van der Waals surface area contributed by atoms with Gasteiger partial charge in [-0.3, -0.25) is 19.3 Å². The zero-order valence-corrected chi connectivity index (χ0v) is 15.9. The maximum atomic E-state index is 12.3. The minimum Gasteiger partial charge on any atom is -0.480 e. The molecule has 0 saturated carbocycles. The van der Waals surface area contributed by atoms with Gasteiger partial charge in [0.15, 0.2) is 5.78 Å². The van der Waals surface area contributed by atoms with Crippen LogP contribution in [-0.2, 0) is 9.59 Å². The fourth-order valence-electron chi connectivity index (χ4n) is 4.49. The maximum Gasteiger partial charge on any atom is 0.320 e. The lowest BCUT2D eigenvalue weighted by atomic mass is 9.76. The first-order valence-electron chi connectivity index (χ1n) is 9.71. The van der Waals surface area contributed by atoms with Crippen LogP contribution in [0.2, 0.25) is 0 Å². The molecular formula is C21H28N2O4. The molecule has 27 heavy (non-hydrogen) atoms. The Hall–Kier alpha value is -2.21. The van der Waals surface area contributed by atoms with E-state index in [0.717, 1.165) is 19.4 Å². The summed E-state index contributed by atoms with van der Waals surface area (Å²) in [5, 5.41) is 9.65. The van der Waals surface area contributed by atoms with E-state index >= 15 is 0 Å². The first-order valence-corrected chi connectivity index (χ1v) is 9.71. The molecule has 0 aliphatic carbocycles. The number of amides is 1. The van der Waals surface area contributed by atoms with Crippen molar-refractivity contribution >= 4 is 17.7 Å². The van der Waals surface area contributed by atoms with Crippen molar-refractivity contribution < 1.29 is 19.5 Å². The van der Waals surface area contributed by atoms with Crippen LogP contribution in [-0.4, -0.2) is 64.8 Å². The topological polar surface area (TPSA) is 77.9 Å². The van der Waals surface area contributed by atoms with Gasteiger partial charge in [-0.1, -0.05) is 30.3 Å². The highest BCUT2D eigenvalue weighted by atomic mass is 16.4. The highest BCUT2D eigenvalue weighted by molar-refractivity contribution is 5.95. The van der Waals surface area contributed by atoms with Crippen LogP contribution in [0.3, 0.4) is 0 Å². The molecule has 1 N–H and O–H groups in total. The Morgan fingerprint density at radius 2 is 1.81 bits per heavy atom.